The van der Waals surface area contributed by atoms with Gasteiger partial charge in [0.2, 0.25) is 5.75 Å². The van der Waals surface area contributed by atoms with Crippen LogP contribution in [0.15, 0.2) is 23.6 Å². The molecular formula is C16H19F2N3O3S. The van der Waals surface area contributed by atoms with Gasteiger partial charge in [-0.3, -0.25) is 10.1 Å². The normalized spacial score (nSPS) is 12.9. The van der Waals surface area contributed by atoms with Gasteiger partial charge in [0.1, 0.15) is 5.01 Å². The quantitative estimate of drug-likeness (QED) is 0.563. The number of nitro benzene ring substituents is 1. The number of alkyl halides is 2. The minimum Gasteiger partial charge on any atom is -0.427 e. The minimum atomic E-state index is -3.14. The van der Waals surface area contributed by atoms with Crippen molar-refractivity contribution in [3.63, 3.8) is 0 Å². The lowest BCUT2D eigenvalue weighted by atomic mass is 9.93. The highest BCUT2D eigenvalue weighted by molar-refractivity contribution is 7.09. The average Bonchev–Trinajstić information content (AvgIpc) is 2.96. The van der Waals surface area contributed by atoms with E-state index < -0.39 is 23.0 Å². The second-order valence-corrected chi connectivity index (χ2v) is 7.39. The van der Waals surface area contributed by atoms with E-state index in [1.165, 1.54) is 23.5 Å². The summed E-state index contributed by atoms with van der Waals surface area (Å²) in [4.78, 5) is 14.7. The number of anilines is 1. The molecule has 0 saturated heterocycles. The van der Waals surface area contributed by atoms with E-state index in [0.29, 0.717) is 5.69 Å². The van der Waals surface area contributed by atoms with Gasteiger partial charge in [0, 0.05) is 28.6 Å². The summed E-state index contributed by atoms with van der Waals surface area (Å²) in [5, 5.41) is 16.8. The van der Waals surface area contributed by atoms with Gasteiger partial charge in [-0.2, -0.15) is 8.78 Å². The summed E-state index contributed by atoms with van der Waals surface area (Å²) in [5.74, 6) is -0.480. The molecule has 0 aliphatic carbocycles. The molecule has 136 valence electrons. The highest BCUT2D eigenvalue weighted by Crippen LogP contribution is 2.33. The molecular weight excluding hydrogens is 352 g/mol. The lowest BCUT2D eigenvalue weighted by Crippen LogP contribution is -2.13. The molecule has 1 atom stereocenters. The summed E-state index contributed by atoms with van der Waals surface area (Å²) in [5.41, 5.74) is 0.815. The molecule has 2 rings (SSSR count). The fraction of sp³-hybridized carbons (Fsp3) is 0.438. The second kappa shape index (κ2) is 7.30. The van der Waals surface area contributed by atoms with Crippen LogP contribution < -0.4 is 10.1 Å². The first-order valence-corrected chi connectivity index (χ1v) is 8.41. The van der Waals surface area contributed by atoms with E-state index in [0.717, 1.165) is 16.8 Å². The van der Waals surface area contributed by atoms with Gasteiger partial charge in [-0.15, -0.1) is 11.3 Å². The topological polar surface area (TPSA) is 77.3 Å². The number of thiazole rings is 1. The van der Waals surface area contributed by atoms with Crippen LogP contribution in [0.2, 0.25) is 0 Å². The predicted molar refractivity (Wildman–Crippen MR) is 92.6 cm³/mol. The van der Waals surface area contributed by atoms with Crippen LogP contribution in [0, 0.1) is 10.1 Å². The minimum absolute atomic E-state index is 0.0693. The molecule has 1 unspecified atom stereocenters. The molecule has 25 heavy (non-hydrogen) atoms. The Labute approximate surface area is 148 Å². The van der Waals surface area contributed by atoms with Crippen molar-refractivity contribution in [3.05, 3.63) is 44.4 Å². The van der Waals surface area contributed by atoms with Crippen LogP contribution in [0.4, 0.5) is 20.2 Å². The second-order valence-electron chi connectivity index (χ2n) is 6.51. The number of aromatic nitrogens is 1. The number of rotatable bonds is 6. The lowest BCUT2D eigenvalue weighted by Gasteiger charge is -2.16. The van der Waals surface area contributed by atoms with Crippen molar-refractivity contribution in [2.24, 2.45) is 0 Å². The first-order chi connectivity index (χ1) is 11.6. The largest absolute Gasteiger partial charge is 0.427 e. The number of ether oxygens (including phenoxy) is 1. The van der Waals surface area contributed by atoms with Crippen molar-refractivity contribution in [3.8, 4) is 5.75 Å². The van der Waals surface area contributed by atoms with E-state index >= 15 is 0 Å². The third-order valence-corrected chi connectivity index (χ3v) is 4.44. The fourth-order valence-corrected chi connectivity index (χ4v) is 3.14. The molecule has 0 spiro atoms. The van der Waals surface area contributed by atoms with E-state index in [1.54, 1.807) is 0 Å². The smallest absolute Gasteiger partial charge is 0.387 e. The van der Waals surface area contributed by atoms with Crippen LogP contribution in [0.25, 0.3) is 0 Å². The van der Waals surface area contributed by atoms with Crippen molar-refractivity contribution in [1.29, 1.82) is 0 Å². The van der Waals surface area contributed by atoms with Crippen molar-refractivity contribution in [2.75, 3.05) is 5.32 Å². The Hall–Kier alpha value is -2.29. The maximum Gasteiger partial charge on any atom is 0.387 e. The summed E-state index contributed by atoms with van der Waals surface area (Å²) in [7, 11) is 0. The number of nitro groups is 1. The van der Waals surface area contributed by atoms with E-state index in [2.05, 4.69) is 35.8 Å². The Balaban J connectivity index is 2.21. The fourth-order valence-electron chi connectivity index (χ4n) is 2.09. The van der Waals surface area contributed by atoms with Gasteiger partial charge in [-0.05, 0) is 13.0 Å². The molecule has 1 heterocycles. The zero-order chi connectivity index (χ0) is 18.8. The summed E-state index contributed by atoms with van der Waals surface area (Å²) in [6.07, 6.45) is 0. The molecule has 1 aromatic carbocycles. The van der Waals surface area contributed by atoms with Gasteiger partial charge in [0.25, 0.3) is 0 Å². The molecule has 0 fully saturated rings. The van der Waals surface area contributed by atoms with Crippen LogP contribution in [0.3, 0.4) is 0 Å². The maximum atomic E-state index is 12.5. The number of benzene rings is 1. The summed E-state index contributed by atoms with van der Waals surface area (Å²) in [6, 6.07) is 3.58. The summed E-state index contributed by atoms with van der Waals surface area (Å²) >= 11 is 1.49. The Bertz CT molecular complexity index is 759. The molecule has 6 nitrogen and oxygen atoms in total. The number of hydrogen-bond donors (Lipinski definition) is 1. The number of hydrogen-bond acceptors (Lipinski definition) is 6. The average molecular weight is 371 g/mol. The van der Waals surface area contributed by atoms with Crippen LogP contribution in [-0.4, -0.2) is 16.5 Å². The summed E-state index contributed by atoms with van der Waals surface area (Å²) < 4.78 is 29.2. The van der Waals surface area contributed by atoms with E-state index in [-0.39, 0.29) is 11.5 Å². The van der Waals surface area contributed by atoms with Gasteiger partial charge in [-0.25, -0.2) is 4.98 Å². The molecule has 0 saturated carbocycles. The monoisotopic (exact) mass is 371 g/mol. The third-order valence-electron chi connectivity index (χ3n) is 3.42. The van der Waals surface area contributed by atoms with Crippen molar-refractivity contribution >= 4 is 22.7 Å². The molecule has 0 bridgehead atoms. The molecule has 0 aliphatic rings. The molecule has 0 amide bonds. The molecule has 1 N–H and O–H groups in total. The first kappa shape index (κ1) is 19.0. The molecule has 1 aromatic heterocycles. The molecule has 0 radical (unpaired) electrons. The van der Waals surface area contributed by atoms with E-state index in [4.69, 9.17) is 0 Å². The lowest BCUT2D eigenvalue weighted by molar-refractivity contribution is -0.386. The Morgan fingerprint density at radius 1 is 1.36 bits per heavy atom. The maximum absolute atomic E-state index is 12.5. The number of halogens is 2. The Morgan fingerprint density at radius 2 is 2.04 bits per heavy atom. The Kier molecular flexibility index (Phi) is 5.56. The van der Waals surface area contributed by atoms with Crippen LogP contribution in [0.1, 0.15) is 44.4 Å². The zero-order valence-corrected chi connectivity index (χ0v) is 15.1. The van der Waals surface area contributed by atoms with Crippen LogP contribution in [-0.2, 0) is 5.41 Å². The highest BCUT2D eigenvalue weighted by atomic mass is 32.1. The van der Waals surface area contributed by atoms with Gasteiger partial charge >= 0.3 is 12.3 Å². The van der Waals surface area contributed by atoms with Gasteiger partial charge in [-0.1, -0.05) is 20.8 Å². The van der Waals surface area contributed by atoms with Gasteiger partial charge in [0.15, 0.2) is 0 Å². The third kappa shape index (κ3) is 4.85. The van der Waals surface area contributed by atoms with Gasteiger partial charge < -0.3 is 10.1 Å². The number of nitrogens with one attached hydrogen (secondary N) is 1. The predicted octanol–water partition coefficient (Wildman–Crippen LogP) is 5.12. The summed E-state index contributed by atoms with van der Waals surface area (Å²) in [6.45, 7) is 4.93. The zero-order valence-electron chi connectivity index (χ0n) is 14.2. The highest BCUT2D eigenvalue weighted by Gasteiger charge is 2.22. The van der Waals surface area contributed by atoms with Crippen LogP contribution >= 0.6 is 11.3 Å². The molecule has 9 heteroatoms. The van der Waals surface area contributed by atoms with E-state index in [9.17, 15) is 18.9 Å². The number of nitrogens with zero attached hydrogens (tertiary/aromatic N) is 2. The van der Waals surface area contributed by atoms with Gasteiger partial charge in [0.05, 0.1) is 16.7 Å². The Morgan fingerprint density at radius 3 is 2.56 bits per heavy atom. The SMILES string of the molecule is CC(Nc1ccc([N+](=O)[O-])c(OC(F)F)c1)c1nc(C(C)(C)C)cs1. The molecule has 2 aromatic rings. The first-order valence-electron chi connectivity index (χ1n) is 7.53. The van der Waals surface area contributed by atoms with Crippen LogP contribution in [0.5, 0.6) is 5.75 Å². The standard InChI is InChI=1S/C16H19F2N3O3S/c1-9(14-20-13(8-25-14)16(2,3)4)19-10-5-6-11(21(22)23)12(7-10)24-15(17)18/h5-9,15,19H,1-4H3. The van der Waals surface area contributed by atoms with Crippen molar-refractivity contribution in [1.82, 2.24) is 4.98 Å². The van der Waals surface area contributed by atoms with Crippen molar-refractivity contribution in [2.45, 2.75) is 45.8 Å². The van der Waals surface area contributed by atoms with E-state index in [1.807, 2.05) is 12.3 Å². The molecule has 0 aliphatic heterocycles. The van der Waals surface area contributed by atoms with Crippen molar-refractivity contribution < 1.29 is 18.4 Å².